The molecule has 33 heavy (non-hydrogen) atoms. The van der Waals surface area contributed by atoms with Crippen molar-refractivity contribution in [1.29, 1.82) is 0 Å². The first kappa shape index (κ1) is 23.6. The van der Waals surface area contributed by atoms with Crippen LogP contribution >= 0.6 is 0 Å². The minimum absolute atomic E-state index is 0.0168. The molecule has 0 radical (unpaired) electrons. The van der Waals surface area contributed by atoms with Crippen molar-refractivity contribution in [3.05, 3.63) is 54.1 Å². The summed E-state index contributed by atoms with van der Waals surface area (Å²) in [6.45, 7) is 3.73. The molecule has 178 valence electrons. The molecule has 0 spiro atoms. The number of hydrogen-bond donors (Lipinski definition) is 1. The molecular formula is C25H32N2O5S. The summed E-state index contributed by atoms with van der Waals surface area (Å²) < 4.78 is 39.0. The van der Waals surface area contributed by atoms with Crippen LogP contribution in [0.2, 0.25) is 0 Å². The van der Waals surface area contributed by atoms with E-state index in [-0.39, 0.29) is 22.8 Å². The number of ether oxygens (including phenoxy) is 2. The number of nitrogens with one attached hydrogen (secondary N) is 1. The van der Waals surface area contributed by atoms with Gasteiger partial charge in [-0.1, -0.05) is 30.3 Å². The third-order valence-electron chi connectivity index (χ3n) is 6.28. The van der Waals surface area contributed by atoms with Gasteiger partial charge in [-0.3, -0.25) is 4.79 Å². The summed E-state index contributed by atoms with van der Waals surface area (Å²) in [5, 5.41) is 3.11. The number of piperidine rings is 1. The lowest BCUT2D eigenvalue weighted by molar-refractivity contribution is -0.126. The number of carbonyl (C=O) groups is 1. The van der Waals surface area contributed by atoms with Crippen LogP contribution in [0.5, 0.6) is 11.5 Å². The second-order valence-corrected chi connectivity index (χ2v) is 10.7. The Morgan fingerprint density at radius 1 is 1.06 bits per heavy atom. The van der Waals surface area contributed by atoms with E-state index in [9.17, 15) is 13.2 Å². The maximum Gasteiger partial charge on any atom is 0.243 e. The fourth-order valence-corrected chi connectivity index (χ4v) is 5.76. The van der Waals surface area contributed by atoms with Gasteiger partial charge in [-0.05, 0) is 50.3 Å². The van der Waals surface area contributed by atoms with Crippen molar-refractivity contribution in [2.75, 3.05) is 26.3 Å². The fraction of sp³-hybridized carbons (Fsp3) is 0.480. The predicted molar refractivity (Wildman–Crippen MR) is 126 cm³/mol. The number of sulfonamides is 1. The first-order valence-electron chi connectivity index (χ1n) is 11.7. The molecule has 2 aliphatic heterocycles. The van der Waals surface area contributed by atoms with Crippen molar-refractivity contribution in [3.63, 3.8) is 0 Å². The van der Waals surface area contributed by atoms with Gasteiger partial charge in [-0.15, -0.1) is 0 Å². The lowest BCUT2D eigenvalue weighted by Crippen LogP contribution is -2.44. The first-order chi connectivity index (χ1) is 15.9. The van der Waals surface area contributed by atoms with Crippen LogP contribution < -0.4 is 14.8 Å². The number of carbonyl (C=O) groups excluding carboxylic acids is 1. The van der Waals surface area contributed by atoms with Gasteiger partial charge in [0.25, 0.3) is 0 Å². The van der Waals surface area contributed by atoms with E-state index < -0.39 is 10.0 Å². The summed E-state index contributed by atoms with van der Waals surface area (Å²) >= 11 is 0. The molecule has 7 nitrogen and oxygen atoms in total. The van der Waals surface area contributed by atoms with Crippen molar-refractivity contribution < 1.29 is 22.7 Å². The Labute approximate surface area is 196 Å². The van der Waals surface area contributed by atoms with Crippen LogP contribution in [0.4, 0.5) is 0 Å². The van der Waals surface area contributed by atoms with Gasteiger partial charge in [0.05, 0.1) is 18.1 Å². The Bertz CT molecular complexity index is 1050. The van der Waals surface area contributed by atoms with Crippen molar-refractivity contribution in [3.8, 4) is 11.5 Å². The largest absolute Gasteiger partial charge is 0.490 e. The van der Waals surface area contributed by atoms with E-state index >= 15 is 0 Å². The van der Waals surface area contributed by atoms with E-state index in [2.05, 4.69) is 17.4 Å². The molecule has 0 bridgehead atoms. The Balaban J connectivity index is 1.29. The van der Waals surface area contributed by atoms with E-state index in [1.165, 1.54) is 9.87 Å². The highest BCUT2D eigenvalue weighted by Crippen LogP contribution is 2.33. The summed E-state index contributed by atoms with van der Waals surface area (Å²) in [4.78, 5) is 12.9. The van der Waals surface area contributed by atoms with Gasteiger partial charge in [0.2, 0.25) is 15.9 Å². The lowest BCUT2D eigenvalue weighted by Gasteiger charge is -2.31. The number of hydrogen-bond acceptors (Lipinski definition) is 5. The maximum atomic E-state index is 13.2. The van der Waals surface area contributed by atoms with E-state index in [4.69, 9.17) is 9.47 Å². The Morgan fingerprint density at radius 2 is 1.76 bits per heavy atom. The zero-order valence-electron chi connectivity index (χ0n) is 19.0. The predicted octanol–water partition coefficient (Wildman–Crippen LogP) is 3.39. The average Bonchev–Trinajstić information content (AvgIpc) is 3.08. The van der Waals surface area contributed by atoms with Crippen LogP contribution in [0.3, 0.4) is 0 Å². The van der Waals surface area contributed by atoms with Gasteiger partial charge in [0, 0.05) is 37.5 Å². The molecule has 2 heterocycles. The van der Waals surface area contributed by atoms with Crippen molar-refractivity contribution >= 4 is 15.9 Å². The quantitative estimate of drug-likeness (QED) is 0.668. The van der Waals surface area contributed by atoms with Crippen LogP contribution in [0.25, 0.3) is 0 Å². The topological polar surface area (TPSA) is 84.9 Å². The molecule has 0 aliphatic carbocycles. The molecule has 0 unspecified atom stereocenters. The Kier molecular flexibility index (Phi) is 7.55. The van der Waals surface area contributed by atoms with Crippen molar-refractivity contribution in [2.24, 2.45) is 5.92 Å². The summed E-state index contributed by atoms with van der Waals surface area (Å²) in [6, 6.07) is 15.1. The summed E-state index contributed by atoms with van der Waals surface area (Å²) in [7, 11) is -3.65. The standard InChI is InChI=1S/C25H32N2O5S/c1-19(8-9-20-6-3-2-4-7-20)26-25(28)21-12-14-27(15-13-21)33(29,30)22-10-11-23-24(18-22)32-17-5-16-31-23/h2-4,6-7,10-11,18-19,21H,5,8-9,12-17H2,1H3,(H,26,28)/t19-/m1/s1. The van der Waals surface area contributed by atoms with Gasteiger partial charge >= 0.3 is 0 Å². The normalized spacial score (nSPS) is 18.3. The number of fused-ring (bicyclic) bond motifs is 1. The number of nitrogens with zero attached hydrogens (tertiary/aromatic N) is 1. The van der Waals surface area contributed by atoms with Gasteiger partial charge in [-0.2, -0.15) is 4.31 Å². The second kappa shape index (κ2) is 10.6. The summed E-state index contributed by atoms with van der Waals surface area (Å²) in [5.41, 5.74) is 1.26. The highest BCUT2D eigenvalue weighted by molar-refractivity contribution is 7.89. The minimum atomic E-state index is -3.65. The third-order valence-corrected chi connectivity index (χ3v) is 8.17. The van der Waals surface area contributed by atoms with E-state index in [0.29, 0.717) is 50.6 Å². The molecule has 8 heteroatoms. The highest BCUT2D eigenvalue weighted by Gasteiger charge is 2.33. The average molecular weight is 473 g/mol. The maximum absolute atomic E-state index is 13.2. The van der Waals surface area contributed by atoms with E-state index in [1.807, 2.05) is 25.1 Å². The first-order valence-corrected chi connectivity index (χ1v) is 13.1. The molecule has 1 atom stereocenters. The smallest absolute Gasteiger partial charge is 0.243 e. The van der Waals surface area contributed by atoms with Crippen LogP contribution in [-0.4, -0.2) is 51.0 Å². The van der Waals surface area contributed by atoms with E-state index in [0.717, 1.165) is 19.3 Å². The zero-order valence-corrected chi connectivity index (χ0v) is 19.9. The molecular weight excluding hydrogens is 440 g/mol. The molecule has 2 aromatic rings. The molecule has 2 aliphatic rings. The highest BCUT2D eigenvalue weighted by atomic mass is 32.2. The molecule has 1 fully saturated rings. The third kappa shape index (κ3) is 5.86. The SMILES string of the molecule is C[C@H](CCc1ccccc1)NC(=O)C1CCN(S(=O)(=O)c2ccc3c(c2)OCCCO3)CC1. The van der Waals surface area contributed by atoms with Crippen LogP contribution in [-0.2, 0) is 21.2 Å². The van der Waals surface area contributed by atoms with Gasteiger partial charge in [0.15, 0.2) is 11.5 Å². The number of rotatable bonds is 7. The minimum Gasteiger partial charge on any atom is -0.490 e. The monoisotopic (exact) mass is 472 g/mol. The van der Waals surface area contributed by atoms with Gasteiger partial charge < -0.3 is 14.8 Å². The van der Waals surface area contributed by atoms with Crippen molar-refractivity contribution in [2.45, 2.75) is 50.0 Å². The van der Waals surface area contributed by atoms with Crippen LogP contribution in [0.1, 0.15) is 38.2 Å². The summed E-state index contributed by atoms with van der Waals surface area (Å²) in [6.07, 6.45) is 3.57. The Hall–Kier alpha value is -2.58. The Morgan fingerprint density at radius 3 is 2.48 bits per heavy atom. The van der Waals surface area contributed by atoms with Crippen molar-refractivity contribution in [1.82, 2.24) is 9.62 Å². The molecule has 1 N–H and O–H groups in total. The zero-order chi connectivity index (χ0) is 23.3. The number of benzene rings is 2. The molecule has 4 rings (SSSR count). The van der Waals surface area contributed by atoms with Gasteiger partial charge in [-0.25, -0.2) is 8.42 Å². The van der Waals surface area contributed by atoms with Gasteiger partial charge in [0.1, 0.15) is 0 Å². The molecule has 0 saturated carbocycles. The number of aryl methyl sites for hydroxylation is 1. The molecule has 0 aromatic heterocycles. The second-order valence-electron chi connectivity index (χ2n) is 8.77. The molecule has 1 amide bonds. The summed E-state index contributed by atoms with van der Waals surface area (Å²) in [5.74, 6) is 0.887. The molecule has 1 saturated heterocycles. The van der Waals surface area contributed by atoms with Crippen LogP contribution in [0.15, 0.2) is 53.4 Å². The van der Waals surface area contributed by atoms with E-state index in [1.54, 1.807) is 18.2 Å². The number of amides is 1. The fourth-order valence-electron chi connectivity index (χ4n) is 4.27. The molecule has 2 aromatic carbocycles. The lowest BCUT2D eigenvalue weighted by atomic mass is 9.96. The van der Waals surface area contributed by atoms with Crippen LogP contribution in [0, 0.1) is 5.92 Å².